The Morgan fingerprint density at radius 1 is 1.08 bits per heavy atom. The first-order chi connectivity index (χ1) is 17.8. The van der Waals surface area contributed by atoms with Crippen LogP contribution in [0.5, 0.6) is 5.75 Å². The molecule has 1 aliphatic heterocycles. The number of ether oxygens (including phenoxy) is 2. The Hall–Kier alpha value is -3.79. The van der Waals surface area contributed by atoms with E-state index in [0.29, 0.717) is 48.2 Å². The van der Waals surface area contributed by atoms with E-state index in [1.165, 1.54) is 12.4 Å². The van der Waals surface area contributed by atoms with Crippen LogP contribution in [0.1, 0.15) is 39.5 Å². The van der Waals surface area contributed by atoms with E-state index in [2.05, 4.69) is 20.6 Å². The number of methoxy groups -OCH3 is 1. The number of rotatable bonds is 9. The van der Waals surface area contributed by atoms with Gasteiger partial charge in [-0.3, -0.25) is 9.59 Å². The van der Waals surface area contributed by atoms with Gasteiger partial charge in [0.05, 0.1) is 17.5 Å². The molecule has 0 bridgehead atoms. The Labute approximate surface area is 215 Å². The van der Waals surface area contributed by atoms with Gasteiger partial charge < -0.3 is 25.0 Å². The molecule has 3 aromatic rings. The summed E-state index contributed by atoms with van der Waals surface area (Å²) in [6.45, 7) is 5.44. The second kappa shape index (κ2) is 11.5. The first-order valence-corrected chi connectivity index (χ1v) is 12.3. The number of piperidine rings is 1. The lowest BCUT2D eigenvalue weighted by atomic mass is 9.90. The molecule has 196 valence electrons. The molecule has 0 atom stereocenters. The van der Waals surface area contributed by atoms with Gasteiger partial charge in [0.1, 0.15) is 36.7 Å². The average Bonchev–Trinajstić information content (AvgIpc) is 2.85. The number of nitrogens with zero attached hydrogens (tertiary/aromatic N) is 3. The van der Waals surface area contributed by atoms with Crippen LogP contribution >= 0.6 is 0 Å². The number of amides is 2. The topological polar surface area (TPSA) is 106 Å². The highest BCUT2D eigenvalue weighted by Gasteiger charge is 2.33. The van der Waals surface area contributed by atoms with Crippen LogP contribution in [0.4, 0.5) is 21.6 Å². The van der Waals surface area contributed by atoms with Crippen molar-refractivity contribution in [2.45, 2.75) is 45.1 Å². The lowest BCUT2D eigenvalue weighted by molar-refractivity contribution is -0.140. The fourth-order valence-corrected chi connectivity index (χ4v) is 4.48. The van der Waals surface area contributed by atoms with E-state index >= 15 is 0 Å². The number of hydrogen-bond acceptors (Lipinski definition) is 7. The van der Waals surface area contributed by atoms with Crippen molar-refractivity contribution >= 4 is 39.9 Å². The Morgan fingerprint density at radius 2 is 1.84 bits per heavy atom. The summed E-state index contributed by atoms with van der Waals surface area (Å²) < 4.78 is 25.4. The van der Waals surface area contributed by atoms with Gasteiger partial charge in [0.2, 0.25) is 11.8 Å². The number of aromatic nitrogens is 2. The zero-order chi connectivity index (χ0) is 26.4. The van der Waals surface area contributed by atoms with Crippen molar-refractivity contribution in [3.63, 3.8) is 0 Å². The Balaban J connectivity index is 1.39. The number of carbonyl (C=O) groups excluding carboxylic acids is 2. The number of fused-ring (bicyclic) bond motifs is 1. The number of benzene rings is 2. The van der Waals surface area contributed by atoms with Gasteiger partial charge in [-0.25, -0.2) is 14.4 Å². The fraction of sp³-hybridized carbons (Fsp3) is 0.407. The molecule has 0 aliphatic carbocycles. The first-order valence-electron chi connectivity index (χ1n) is 12.3. The zero-order valence-electron chi connectivity index (χ0n) is 21.3. The number of hydrogen-bond donors (Lipinski definition) is 2. The summed E-state index contributed by atoms with van der Waals surface area (Å²) in [6.07, 6.45) is 4.12. The lowest BCUT2D eigenvalue weighted by Crippen LogP contribution is -2.51. The Morgan fingerprint density at radius 3 is 2.57 bits per heavy atom. The van der Waals surface area contributed by atoms with E-state index < -0.39 is 5.82 Å². The van der Waals surface area contributed by atoms with Gasteiger partial charge in [-0.2, -0.15) is 0 Å². The van der Waals surface area contributed by atoms with Crippen LogP contribution in [0.2, 0.25) is 0 Å². The summed E-state index contributed by atoms with van der Waals surface area (Å²) in [4.78, 5) is 35.4. The molecule has 1 saturated heterocycles. The van der Waals surface area contributed by atoms with Gasteiger partial charge in [0.25, 0.3) is 0 Å². The quantitative estimate of drug-likeness (QED) is 0.319. The highest BCUT2D eigenvalue weighted by Crippen LogP contribution is 2.30. The summed E-state index contributed by atoms with van der Waals surface area (Å²) in [5, 5.41) is 6.11. The largest absolute Gasteiger partial charge is 0.491 e. The van der Waals surface area contributed by atoms with Gasteiger partial charge in [-0.15, -0.1) is 0 Å². The van der Waals surface area contributed by atoms with Gasteiger partial charge in [-0.1, -0.05) is 0 Å². The second-order valence-electron chi connectivity index (χ2n) is 9.60. The fourth-order valence-electron chi connectivity index (χ4n) is 4.48. The minimum Gasteiger partial charge on any atom is -0.491 e. The molecule has 0 radical (unpaired) electrons. The van der Waals surface area contributed by atoms with Crippen molar-refractivity contribution in [2.24, 2.45) is 0 Å². The number of carbonyl (C=O) groups is 2. The smallest absolute Gasteiger partial charge is 0.233 e. The highest BCUT2D eigenvalue weighted by atomic mass is 19.1. The van der Waals surface area contributed by atoms with Crippen LogP contribution in [-0.4, -0.2) is 59.1 Å². The molecule has 37 heavy (non-hydrogen) atoms. The molecule has 0 unspecified atom stereocenters. The zero-order valence-corrected chi connectivity index (χ0v) is 21.3. The van der Waals surface area contributed by atoms with E-state index in [0.717, 1.165) is 19.3 Å². The maximum atomic E-state index is 14.9. The van der Waals surface area contributed by atoms with Crippen LogP contribution in [-0.2, 0) is 14.3 Å². The molecule has 1 aromatic heterocycles. The lowest BCUT2D eigenvalue weighted by Gasteiger charge is -2.42. The maximum absolute atomic E-state index is 14.9. The molecule has 2 aromatic carbocycles. The van der Waals surface area contributed by atoms with Crippen LogP contribution in [0.25, 0.3) is 10.9 Å². The second-order valence-corrected chi connectivity index (χ2v) is 9.60. The predicted molar refractivity (Wildman–Crippen MR) is 139 cm³/mol. The van der Waals surface area contributed by atoms with Crippen molar-refractivity contribution < 1.29 is 23.5 Å². The molecular formula is C27H32FN5O4. The predicted octanol–water partition coefficient (Wildman–Crippen LogP) is 4.66. The molecular weight excluding hydrogens is 477 g/mol. The molecule has 9 nitrogen and oxygen atoms in total. The van der Waals surface area contributed by atoms with E-state index in [1.807, 2.05) is 18.7 Å². The van der Waals surface area contributed by atoms with Gasteiger partial charge in [0.15, 0.2) is 0 Å². The van der Waals surface area contributed by atoms with Crippen LogP contribution in [0.15, 0.2) is 42.7 Å². The van der Waals surface area contributed by atoms with E-state index in [9.17, 15) is 14.0 Å². The Bertz CT molecular complexity index is 1270. The van der Waals surface area contributed by atoms with E-state index in [4.69, 9.17) is 9.47 Å². The minimum atomic E-state index is -0.515. The first kappa shape index (κ1) is 26.3. The number of halogens is 1. The van der Waals surface area contributed by atoms with Crippen molar-refractivity contribution in [3.8, 4) is 5.75 Å². The summed E-state index contributed by atoms with van der Waals surface area (Å²) in [7, 11) is 1.56. The summed E-state index contributed by atoms with van der Waals surface area (Å²) in [5.41, 5.74) is 1.36. The number of likely N-dealkylation sites (tertiary alicyclic amines) is 1. The number of anilines is 3. The third-order valence-electron chi connectivity index (χ3n) is 6.41. The average molecular weight is 510 g/mol. The van der Waals surface area contributed by atoms with Crippen molar-refractivity contribution in [3.05, 3.63) is 48.5 Å². The third kappa shape index (κ3) is 6.51. The van der Waals surface area contributed by atoms with Crippen LogP contribution in [0.3, 0.4) is 0 Å². The van der Waals surface area contributed by atoms with E-state index in [-0.39, 0.29) is 29.2 Å². The third-order valence-corrected chi connectivity index (χ3v) is 6.41. The SMILES string of the molecule is COCCOc1cc(F)c2c(Nc3ccc(NC(=O)CC(=O)N4CCCCC4(C)C)cc3)ncnc2c1. The minimum absolute atomic E-state index is 0.162. The van der Waals surface area contributed by atoms with Crippen molar-refractivity contribution in [1.82, 2.24) is 14.9 Å². The molecule has 0 spiro atoms. The summed E-state index contributed by atoms with van der Waals surface area (Å²) >= 11 is 0. The molecule has 2 N–H and O–H groups in total. The van der Waals surface area contributed by atoms with Gasteiger partial charge in [0, 0.05) is 42.7 Å². The molecule has 2 amide bonds. The normalized spacial score (nSPS) is 14.9. The van der Waals surface area contributed by atoms with Crippen molar-refractivity contribution in [2.75, 3.05) is 37.5 Å². The highest BCUT2D eigenvalue weighted by molar-refractivity contribution is 6.03. The Kier molecular flexibility index (Phi) is 8.17. The van der Waals surface area contributed by atoms with Crippen LogP contribution in [0, 0.1) is 5.82 Å². The van der Waals surface area contributed by atoms with Crippen LogP contribution < -0.4 is 15.4 Å². The molecule has 0 saturated carbocycles. The number of nitrogens with one attached hydrogen (secondary N) is 2. The standard InChI is InChI=1S/C27H32FN5O4/c1-27(2)10-4-5-11-33(27)24(35)16-23(34)31-18-6-8-19(9-7-18)32-26-25-21(28)14-20(37-13-12-36-3)15-22(25)29-17-30-26/h6-9,14-15,17H,4-5,10-13,16H2,1-3H3,(H,31,34)(H,29,30,32). The maximum Gasteiger partial charge on any atom is 0.233 e. The van der Waals surface area contributed by atoms with Gasteiger partial charge >= 0.3 is 0 Å². The molecule has 1 aliphatic rings. The summed E-state index contributed by atoms with van der Waals surface area (Å²) in [5.74, 6) is -0.380. The van der Waals surface area contributed by atoms with Crippen molar-refractivity contribution in [1.29, 1.82) is 0 Å². The van der Waals surface area contributed by atoms with Gasteiger partial charge in [-0.05, 0) is 57.4 Å². The molecule has 2 heterocycles. The molecule has 10 heteroatoms. The summed E-state index contributed by atoms with van der Waals surface area (Å²) in [6, 6.07) is 9.82. The van der Waals surface area contributed by atoms with E-state index in [1.54, 1.807) is 37.4 Å². The molecule has 1 fully saturated rings. The molecule has 4 rings (SSSR count). The monoisotopic (exact) mass is 509 g/mol.